The maximum Gasteiger partial charge on any atom is 0.254 e. The van der Waals surface area contributed by atoms with Crippen LogP contribution in [0.3, 0.4) is 0 Å². The number of nitrogens with zero attached hydrogens (tertiary/aromatic N) is 3. The van der Waals surface area contributed by atoms with Crippen molar-refractivity contribution < 1.29 is 13.2 Å². The molecule has 0 saturated heterocycles. The zero-order valence-corrected chi connectivity index (χ0v) is 13.8. The molecule has 22 heavy (non-hydrogen) atoms. The Morgan fingerprint density at radius 1 is 1.09 bits per heavy atom. The van der Waals surface area contributed by atoms with Crippen LogP contribution >= 0.6 is 0 Å². The first-order valence-corrected chi connectivity index (χ1v) is 9.70. The Morgan fingerprint density at radius 3 is 2.45 bits per heavy atom. The number of fused-ring (bicyclic) bond motifs is 1. The van der Waals surface area contributed by atoms with Gasteiger partial charge >= 0.3 is 0 Å². The van der Waals surface area contributed by atoms with Crippen molar-refractivity contribution in [3.63, 3.8) is 0 Å². The molecule has 0 aromatic carbocycles. The molecule has 0 bridgehead atoms. The Morgan fingerprint density at radius 2 is 1.77 bits per heavy atom. The Labute approximate surface area is 131 Å². The van der Waals surface area contributed by atoms with E-state index in [1.807, 2.05) is 0 Å². The van der Waals surface area contributed by atoms with Gasteiger partial charge < -0.3 is 5.32 Å². The molecule has 7 nitrogen and oxygen atoms in total. The smallest absolute Gasteiger partial charge is 0.254 e. The molecule has 3 rings (SSSR count). The SMILES string of the molecule is CC(=O)NC1CCC(S(=O)(=O)N2N=NC3CCCCC32)CC1. The number of hydrogen-bond acceptors (Lipinski definition) is 5. The van der Waals surface area contributed by atoms with Gasteiger partial charge in [0.1, 0.15) is 0 Å². The number of rotatable bonds is 3. The van der Waals surface area contributed by atoms with Crippen molar-refractivity contribution in [1.29, 1.82) is 0 Å². The third kappa shape index (κ3) is 2.98. The summed E-state index contributed by atoms with van der Waals surface area (Å²) in [6, 6.07) is 0.0950. The molecule has 8 heteroatoms. The highest BCUT2D eigenvalue weighted by molar-refractivity contribution is 7.89. The van der Waals surface area contributed by atoms with Crippen LogP contribution in [-0.2, 0) is 14.8 Å². The van der Waals surface area contributed by atoms with Crippen LogP contribution in [0.5, 0.6) is 0 Å². The van der Waals surface area contributed by atoms with Gasteiger partial charge in [-0.2, -0.15) is 9.53 Å². The third-order valence-corrected chi connectivity index (χ3v) is 7.21. The Kier molecular flexibility index (Phi) is 4.38. The molecule has 2 unspecified atom stereocenters. The summed E-state index contributed by atoms with van der Waals surface area (Å²) in [6.07, 6.45) is 6.54. The van der Waals surface area contributed by atoms with Gasteiger partial charge in [-0.3, -0.25) is 4.79 Å². The lowest BCUT2D eigenvalue weighted by Gasteiger charge is -2.34. The minimum atomic E-state index is -3.42. The second-order valence-corrected chi connectivity index (χ2v) is 8.69. The molecule has 1 aliphatic heterocycles. The summed E-state index contributed by atoms with van der Waals surface area (Å²) in [5, 5.41) is 10.7. The van der Waals surface area contributed by atoms with Crippen molar-refractivity contribution in [2.75, 3.05) is 0 Å². The van der Waals surface area contributed by atoms with Crippen molar-refractivity contribution in [2.45, 2.75) is 81.7 Å². The van der Waals surface area contributed by atoms with Crippen molar-refractivity contribution in [1.82, 2.24) is 9.73 Å². The van der Waals surface area contributed by atoms with E-state index in [1.54, 1.807) is 0 Å². The van der Waals surface area contributed by atoms with E-state index in [0.29, 0.717) is 25.7 Å². The first-order chi connectivity index (χ1) is 10.5. The van der Waals surface area contributed by atoms with Crippen molar-refractivity contribution >= 4 is 15.9 Å². The fourth-order valence-corrected chi connectivity index (χ4v) is 5.79. The summed E-state index contributed by atoms with van der Waals surface area (Å²) in [6.45, 7) is 1.50. The lowest BCUT2D eigenvalue weighted by Crippen LogP contribution is -2.47. The molecule has 124 valence electrons. The topological polar surface area (TPSA) is 91.2 Å². The van der Waals surface area contributed by atoms with Crippen molar-refractivity contribution in [2.24, 2.45) is 10.3 Å². The maximum absolute atomic E-state index is 12.9. The first-order valence-electron chi connectivity index (χ1n) is 8.19. The fourth-order valence-electron chi connectivity index (χ4n) is 3.85. The largest absolute Gasteiger partial charge is 0.354 e. The molecule has 2 atom stereocenters. The lowest BCUT2D eigenvalue weighted by molar-refractivity contribution is -0.119. The highest BCUT2D eigenvalue weighted by Gasteiger charge is 2.44. The van der Waals surface area contributed by atoms with E-state index in [9.17, 15) is 13.2 Å². The highest BCUT2D eigenvalue weighted by Crippen LogP contribution is 2.36. The summed E-state index contributed by atoms with van der Waals surface area (Å²) in [4.78, 5) is 11.1. The minimum Gasteiger partial charge on any atom is -0.354 e. The van der Waals surface area contributed by atoms with E-state index in [2.05, 4.69) is 15.7 Å². The van der Waals surface area contributed by atoms with Gasteiger partial charge in [0, 0.05) is 13.0 Å². The molecule has 1 heterocycles. The monoisotopic (exact) mass is 328 g/mol. The van der Waals surface area contributed by atoms with Gasteiger partial charge in [-0.25, -0.2) is 8.42 Å². The molecule has 0 radical (unpaired) electrons. The van der Waals surface area contributed by atoms with E-state index in [-0.39, 0.29) is 24.0 Å². The molecule has 2 aliphatic carbocycles. The van der Waals surface area contributed by atoms with E-state index in [0.717, 1.165) is 25.7 Å². The summed E-state index contributed by atoms with van der Waals surface area (Å²) >= 11 is 0. The van der Waals surface area contributed by atoms with Gasteiger partial charge in [0.2, 0.25) is 5.91 Å². The standard InChI is InChI=1S/C14H24N4O3S/c1-10(19)15-11-6-8-12(9-7-11)22(20,21)18-14-5-3-2-4-13(14)16-17-18/h11-14H,2-9H2,1H3,(H,15,19). The summed E-state index contributed by atoms with van der Waals surface area (Å²) in [5.41, 5.74) is 0. The summed E-state index contributed by atoms with van der Waals surface area (Å²) in [7, 11) is -3.42. The van der Waals surface area contributed by atoms with Gasteiger partial charge in [0.15, 0.2) is 0 Å². The Balaban J connectivity index is 1.64. The molecule has 1 amide bonds. The van der Waals surface area contributed by atoms with Crippen LogP contribution in [0.15, 0.2) is 10.3 Å². The van der Waals surface area contributed by atoms with Gasteiger partial charge in [-0.05, 0) is 38.5 Å². The fraction of sp³-hybridized carbons (Fsp3) is 0.929. The quantitative estimate of drug-likeness (QED) is 0.855. The van der Waals surface area contributed by atoms with Gasteiger partial charge in [0.05, 0.1) is 17.3 Å². The number of sulfonamides is 1. The minimum absolute atomic E-state index is 0.0512. The average molecular weight is 328 g/mol. The maximum atomic E-state index is 12.9. The van der Waals surface area contributed by atoms with Crippen LogP contribution in [0.4, 0.5) is 0 Å². The predicted molar refractivity (Wildman–Crippen MR) is 81.5 cm³/mol. The van der Waals surface area contributed by atoms with Crippen LogP contribution in [0.1, 0.15) is 58.3 Å². The molecular weight excluding hydrogens is 304 g/mol. The molecular formula is C14H24N4O3S. The highest BCUT2D eigenvalue weighted by atomic mass is 32.2. The van der Waals surface area contributed by atoms with Crippen LogP contribution < -0.4 is 5.32 Å². The number of hydrogen-bond donors (Lipinski definition) is 1. The molecule has 0 aromatic heterocycles. The number of amides is 1. The zero-order chi connectivity index (χ0) is 15.7. The second kappa shape index (κ2) is 6.14. The zero-order valence-electron chi connectivity index (χ0n) is 12.9. The normalized spacial score (nSPS) is 35.2. The molecule has 2 saturated carbocycles. The average Bonchev–Trinajstić information content (AvgIpc) is 2.92. The van der Waals surface area contributed by atoms with Crippen molar-refractivity contribution in [3.05, 3.63) is 0 Å². The molecule has 1 N–H and O–H groups in total. The van der Waals surface area contributed by atoms with Crippen LogP contribution in [0, 0.1) is 0 Å². The van der Waals surface area contributed by atoms with Gasteiger partial charge in [-0.15, -0.1) is 0 Å². The second-order valence-electron chi connectivity index (χ2n) is 6.62. The van der Waals surface area contributed by atoms with E-state index < -0.39 is 15.3 Å². The van der Waals surface area contributed by atoms with E-state index in [4.69, 9.17) is 0 Å². The number of nitrogens with one attached hydrogen (secondary N) is 1. The van der Waals surface area contributed by atoms with Crippen LogP contribution in [0.25, 0.3) is 0 Å². The predicted octanol–water partition coefficient (Wildman–Crippen LogP) is 1.76. The Bertz CT molecular complexity index is 554. The molecule has 0 spiro atoms. The van der Waals surface area contributed by atoms with Gasteiger partial charge in [0.25, 0.3) is 10.0 Å². The van der Waals surface area contributed by atoms with Crippen LogP contribution in [0.2, 0.25) is 0 Å². The molecule has 2 fully saturated rings. The lowest BCUT2D eigenvalue weighted by atomic mass is 9.92. The summed E-state index contributed by atoms with van der Waals surface area (Å²) < 4.78 is 27.0. The van der Waals surface area contributed by atoms with Gasteiger partial charge in [-0.1, -0.05) is 18.1 Å². The van der Waals surface area contributed by atoms with Crippen LogP contribution in [-0.4, -0.2) is 42.1 Å². The third-order valence-electron chi connectivity index (χ3n) is 5.03. The molecule has 0 aromatic rings. The summed E-state index contributed by atoms with van der Waals surface area (Å²) in [5.74, 6) is -0.0512. The number of carbonyl (C=O) groups is 1. The van der Waals surface area contributed by atoms with E-state index >= 15 is 0 Å². The molecule has 3 aliphatic rings. The van der Waals surface area contributed by atoms with Crippen molar-refractivity contribution in [3.8, 4) is 0 Å². The number of carbonyl (C=O) groups excluding carboxylic acids is 1. The Hall–Kier alpha value is -1.18. The first kappa shape index (κ1) is 15.7. The van der Waals surface area contributed by atoms with E-state index in [1.165, 1.54) is 11.3 Å².